The smallest absolute Gasteiger partial charge is 0.317 e. The molecule has 0 fully saturated rings. The summed E-state index contributed by atoms with van der Waals surface area (Å²) in [5.74, 6) is -0.901. The van der Waals surface area contributed by atoms with Gasteiger partial charge in [0.2, 0.25) is 0 Å². The molecule has 0 bridgehead atoms. The van der Waals surface area contributed by atoms with Gasteiger partial charge in [0.05, 0.1) is 12.5 Å². The third kappa shape index (κ3) is 4.99. The van der Waals surface area contributed by atoms with E-state index in [-0.39, 0.29) is 25.0 Å². The lowest BCUT2D eigenvalue weighted by Gasteiger charge is -2.23. The van der Waals surface area contributed by atoms with Crippen molar-refractivity contribution in [2.24, 2.45) is 0 Å². The van der Waals surface area contributed by atoms with Crippen LogP contribution in [0.15, 0.2) is 30.3 Å². The van der Waals surface area contributed by atoms with Crippen LogP contribution in [0.4, 0.5) is 4.79 Å². The average Bonchev–Trinajstić information content (AvgIpc) is 2.40. The third-order valence-corrected chi connectivity index (χ3v) is 2.90. The summed E-state index contributed by atoms with van der Waals surface area (Å²) in [6.45, 7) is 4.44. The lowest BCUT2D eigenvalue weighted by molar-refractivity contribution is -0.137. The molecule has 2 amide bonds. The van der Waals surface area contributed by atoms with Gasteiger partial charge in [-0.2, -0.15) is 0 Å². The number of benzene rings is 1. The van der Waals surface area contributed by atoms with E-state index in [0.717, 1.165) is 5.56 Å². The second kappa shape index (κ2) is 7.41. The van der Waals surface area contributed by atoms with Crippen LogP contribution in [0.2, 0.25) is 0 Å². The molecule has 0 saturated heterocycles. The van der Waals surface area contributed by atoms with Crippen molar-refractivity contribution in [1.82, 2.24) is 10.2 Å². The molecule has 0 aliphatic heterocycles. The predicted molar refractivity (Wildman–Crippen MR) is 72.9 cm³/mol. The standard InChI is InChI=1S/C14H20N2O3/c1-3-16(10-9-13(17)18)14(19)15-11(2)12-7-5-4-6-8-12/h4-8,11H,3,9-10H2,1-2H3,(H,15,19)(H,17,18). The van der Waals surface area contributed by atoms with Crippen LogP contribution in [-0.4, -0.2) is 35.1 Å². The molecule has 0 saturated carbocycles. The van der Waals surface area contributed by atoms with E-state index in [9.17, 15) is 9.59 Å². The second-order valence-corrected chi connectivity index (χ2v) is 4.31. The van der Waals surface area contributed by atoms with Gasteiger partial charge in [0.1, 0.15) is 0 Å². The van der Waals surface area contributed by atoms with Crippen LogP contribution in [0.5, 0.6) is 0 Å². The van der Waals surface area contributed by atoms with E-state index in [1.54, 1.807) is 0 Å². The maximum Gasteiger partial charge on any atom is 0.317 e. The van der Waals surface area contributed by atoms with Crippen LogP contribution < -0.4 is 5.32 Å². The fourth-order valence-corrected chi connectivity index (χ4v) is 1.74. The van der Waals surface area contributed by atoms with Crippen molar-refractivity contribution in [1.29, 1.82) is 0 Å². The van der Waals surface area contributed by atoms with Crippen molar-refractivity contribution >= 4 is 12.0 Å². The first-order valence-corrected chi connectivity index (χ1v) is 6.36. The van der Waals surface area contributed by atoms with Crippen molar-refractivity contribution in [3.8, 4) is 0 Å². The molecule has 0 aliphatic rings. The summed E-state index contributed by atoms with van der Waals surface area (Å²) in [5.41, 5.74) is 1.02. The molecule has 5 heteroatoms. The number of nitrogens with one attached hydrogen (secondary N) is 1. The zero-order chi connectivity index (χ0) is 14.3. The number of hydrogen-bond donors (Lipinski definition) is 2. The summed E-state index contributed by atoms with van der Waals surface area (Å²) < 4.78 is 0. The minimum Gasteiger partial charge on any atom is -0.481 e. The Morgan fingerprint density at radius 2 is 1.95 bits per heavy atom. The van der Waals surface area contributed by atoms with Crippen molar-refractivity contribution in [3.05, 3.63) is 35.9 Å². The first kappa shape index (κ1) is 15.0. The molecule has 1 aromatic rings. The molecule has 0 aromatic heterocycles. The summed E-state index contributed by atoms with van der Waals surface area (Å²) in [7, 11) is 0. The highest BCUT2D eigenvalue weighted by Crippen LogP contribution is 2.11. The van der Waals surface area contributed by atoms with Crippen molar-refractivity contribution in [2.45, 2.75) is 26.3 Å². The zero-order valence-electron chi connectivity index (χ0n) is 11.3. The molecule has 1 rings (SSSR count). The number of carbonyl (C=O) groups is 2. The summed E-state index contributed by atoms with van der Waals surface area (Å²) in [5, 5.41) is 11.5. The van der Waals surface area contributed by atoms with Crippen LogP contribution in [-0.2, 0) is 4.79 Å². The molecule has 19 heavy (non-hydrogen) atoms. The summed E-state index contributed by atoms with van der Waals surface area (Å²) >= 11 is 0. The summed E-state index contributed by atoms with van der Waals surface area (Å²) in [6, 6.07) is 9.30. The van der Waals surface area contributed by atoms with E-state index in [1.807, 2.05) is 44.2 Å². The van der Waals surface area contributed by atoms with E-state index in [2.05, 4.69) is 5.32 Å². The zero-order valence-corrected chi connectivity index (χ0v) is 11.3. The molecule has 1 unspecified atom stereocenters. The van der Waals surface area contributed by atoms with Gasteiger partial charge < -0.3 is 15.3 Å². The third-order valence-electron chi connectivity index (χ3n) is 2.90. The number of rotatable bonds is 6. The Morgan fingerprint density at radius 3 is 2.47 bits per heavy atom. The quantitative estimate of drug-likeness (QED) is 0.828. The maximum absolute atomic E-state index is 12.0. The Hall–Kier alpha value is -2.04. The van der Waals surface area contributed by atoms with Gasteiger partial charge in [-0.25, -0.2) is 4.79 Å². The Kier molecular flexibility index (Phi) is 5.85. The minimum atomic E-state index is -0.901. The number of aliphatic carboxylic acids is 1. The van der Waals surface area contributed by atoms with Crippen LogP contribution in [0, 0.1) is 0 Å². The van der Waals surface area contributed by atoms with Crippen molar-refractivity contribution in [3.63, 3.8) is 0 Å². The summed E-state index contributed by atoms with van der Waals surface area (Å²) in [6.07, 6.45) is -0.0407. The summed E-state index contributed by atoms with van der Waals surface area (Å²) in [4.78, 5) is 24.0. The van der Waals surface area contributed by atoms with E-state index < -0.39 is 5.97 Å². The molecule has 0 spiro atoms. The molecule has 0 aliphatic carbocycles. The predicted octanol–water partition coefficient (Wildman–Crippen LogP) is 2.25. The largest absolute Gasteiger partial charge is 0.481 e. The molecular formula is C14H20N2O3. The minimum absolute atomic E-state index is 0.0407. The van der Waals surface area contributed by atoms with Gasteiger partial charge >= 0.3 is 12.0 Å². The van der Waals surface area contributed by atoms with E-state index in [1.165, 1.54) is 4.90 Å². The number of urea groups is 1. The van der Waals surface area contributed by atoms with Gasteiger partial charge in [-0.15, -0.1) is 0 Å². The SMILES string of the molecule is CCN(CCC(=O)O)C(=O)NC(C)c1ccccc1. The number of nitrogens with zero attached hydrogens (tertiary/aromatic N) is 1. The molecule has 0 radical (unpaired) electrons. The number of amides is 2. The number of carbonyl (C=O) groups excluding carboxylic acids is 1. The highest BCUT2D eigenvalue weighted by molar-refractivity contribution is 5.75. The maximum atomic E-state index is 12.0. The number of hydrogen-bond acceptors (Lipinski definition) is 2. The lowest BCUT2D eigenvalue weighted by atomic mass is 10.1. The van der Waals surface area contributed by atoms with Crippen LogP contribution >= 0.6 is 0 Å². The molecule has 5 nitrogen and oxygen atoms in total. The highest BCUT2D eigenvalue weighted by atomic mass is 16.4. The molecule has 1 aromatic carbocycles. The van der Waals surface area contributed by atoms with Crippen molar-refractivity contribution < 1.29 is 14.7 Å². The van der Waals surface area contributed by atoms with Gasteiger partial charge in [-0.1, -0.05) is 30.3 Å². The van der Waals surface area contributed by atoms with Crippen molar-refractivity contribution in [2.75, 3.05) is 13.1 Å². The molecule has 1 atom stereocenters. The highest BCUT2D eigenvalue weighted by Gasteiger charge is 2.15. The lowest BCUT2D eigenvalue weighted by Crippen LogP contribution is -2.41. The second-order valence-electron chi connectivity index (χ2n) is 4.31. The van der Waals surface area contributed by atoms with Gasteiger partial charge in [-0.05, 0) is 19.4 Å². The molecule has 2 N–H and O–H groups in total. The number of carboxylic acids is 1. The van der Waals surface area contributed by atoms with Gasteiger partial charge in [0.15, 0.2) is 0 Å². The molecular weight excluding hydrogens is 244 g/mol. The Bertz CT molecular complexity index is 420. The first-order chi connectivity index (χ1) is 9.04. The molecule has 0 heterocycles. The van der Waals surface area contributed by atoms with Crippen LogP contribution in [0.25, 0.3) is 0 Å². The van der Waals surface area contributed by atoms with Gasteiger partial charge in [0, 0.05) is 13.1 Å². The normalized spacial score (nSPS) is 11.7. The van der Waals surface area contributed by atoms with E-state index >= 15 is 0 Å². The van der Waals surface area contributed by atoms with Crippen LogP contribution in [0.3, 0.4) is 0 Å². The Balaban J connectivity index is 2.54. The Morgan fingerprint density at radius 1 is 1.32 bits per heavy atom. The monoisotopic (exact) mass is 264 g/mol. The van der Waals surface area contributed by atoms with Gasteiger partial charge in [0.25, 0.3) is 0 Å². The van der Waals surface area contributed by atoms with E-state index in [4.69, 9.17) is 5.11 Å². The number of carboxylic acid groups (broad SMARTS) is 1. The van der Waals surface area contributed by atoms with Crippen LogP contribution in [0.1, 0.15) is 31.9 Å². The van der Waals surface area contributed by atoms with E-state index in [0.29, 0.717) is 6.54 Å². The van der Waals surface area contributed by atoms with Gasteiger partial charge in [-0.3, -0.25) is 4.79 Å². The topological polar surface area (TPSA) is 69.6 Å². The first-order valence-electron chi connectivity index (χ1n) is 6.36. The fraction of sp³-hybridized carbons (Fsp3) is 0.429. The fourth-order valence-electron chi connectivity index (χ4n) is 1.74. The molecule has 104 valence electrons. The Labute approximate surface area is 113 Å². The average molecular weight is 264 g/mol.